The van der Waals surface area contributed by atoms with Crippen molar-refractivity contribution in [3.8, 4) is 17.2 Å². The maximum absolute atomic E-state index is 5.86. The summed E-state index contributed by atoms with van der Waals surface area (Å²) in [6.45, 7) is 2.37. The van der Waals surface area contributed by atoms with E-state index in [1.807, 2.05) is 60.7 Å². The normalized spacial score (nSPS) is 13.3. The third-order valence-corrected chi connectivity index (χ3v) is 4.71. The van der Waals surface area contributed by atoms with E-state index in [0.717, 1.165) is 40.6 Å². The van der Waals surface area contributed by atoms with Crippen LogP contribution in [0.5, 0.6) is 17.2 Å². The first kappa shape index (κ1) is 20.5. The van der Waals surface area contributed by atoms with Crippen LogP contribution >= 0.6 is 0 Å². The molecule has 3 aromatic rings. The molecule has 4 rings (SSSR count). The Bertz CT molecular complexity index is 1020. The fourth-order valence-corrected chi connectivity index (χ4v) is 3.13. The Morgan fingerprint density at radius 3 is 2.77 bits per heavy atom. The zero-order valence-corrected chi connectivity index (χ0v) is 17.5. The Labute approximate surface area is 182 Å². The lowest BCUT2D eigenvalue weighted by Gasteiger charge is -2.14. The van der Waals surface area contributed by atoms with Gasteiger partial charge in [-0.2, -0.15) is 0 Å². The standard InChI is InChI=1S/C24H26N4O3/c1-25-24(28-19-9-10-22-23(15-19)30-13-5-12-29-22)27-16-18-6-4-8-21(14-18)31-17-20-7-2-3-11-26-20/h2-4,6-11,14-15H,5,12-13,16-17H2,1H3,(H2,25,27,28). The molecule has 0 spiro atoms. The van der Waals surface area contributed by atoms with Gasteiger partial charge in [-0.15, -0.1) is 0 Å². The van der Waals surface area contributed by atoms with Gasteiger partial charge >= 0.3 is 0 Å². The summed E-state index contributed by atoms with van der Waals surface area (Å²) >= 11 is 0. The molecule has 0 unspecified atom stereocenters. The molecule has 0 saturated heterocycles. The molecule has 31 heavy (non-hydrogen) atoms. The highest BCUT2D eigenvalue weighted by atomic mass is 16.5. The summed E-state index contributed by atoms with van der Waals surface area (Å²) in [5, 5.41) is 6.62. The number of nitrogens with one attached hydrogen (secondary N) is 2. The van der Waals surface area contributed by atoms with Crippen molar-refractivity contribution < 1.29 is 14.2 Å². The number of hydrogen-bond donors (Lipinski definition) is 2. The maximum atomic E-state index is 5.86. The van der Waals surface area contributed by atoms with Crippen molar-refractivity contribution >= 4 is 11.6 Å². The van der Waals surface area contributed by atoms with Gasteiger partial charge in [0.15, 0.2) is 17.5 Å². The fraction of sp³-hybridized carbons (Fsp3) is 0.250. The van der Waals surface area contributed by atoms with Crippen LogP contribution in [0.15, 0.2) is 71.9 Å². The molecule has 2 aromatic carbocycles. The smallest absolute Gasteiger partial charge is 0.195 e. The minimum atomic E-state index is 0.436. The number of hydrogen-bond acceptors (Lipinski definition) is 5. The summed E-state index contributed by atoms with van der Waals surface area (Å²) in [7, 11) is 1.74. The fourth-order valence-electron chi connectivity index (χ4n) is 3.13. The van der Waals surface area contributed by atoms with Gasteiger partial charge in [0.2, 0.25) is 0 Å². The summed E-state index contributed by atoms with van der Waals surface area (Å²) in [6, 6.07) is 19.6. The van der Waals surface area contributed by atoms with Gasteiger partial charge in [0, 0.05) is 38.0 Å². The van der Waals surface area contributed by atoms with E-state index >= 15 is 0 Å². The average molecular weight is 418 g/mol. The number of aromatic nitrogens is 1. The van der Waals surface area contributed by atoms with Crippen LogP contribution in [0.25, 0.3) is 0 Å². The Morgan fingerprint density at radius 2 is 1.94 bits per heavy atom. The number of ether oxygens (including phenoxy) is 3. The van der Waals surface area contributed by atoms with Crippen molar-refractivity contribution in [1.82, 2.24) is 10.3 Å². The van der Waals surface area contributed by atoms with E-state index in [1.54, 1.807) is 13.2 Å². The van der Waals surface area contributed by atoms with Crippen molar-refractivity contribution in [1.29, 1.82) is 0 Å². The van der Waals surface area contributed by atoms with Crippen LogP contribution in [0.4, 0.5) is 5.69 Å². The first-order chi connectivity index (χ1) is 15.3. The highest BCUT2D eigenvalue weighted by Gasteiger charge is 2.11. The molecule has 2 N–H and O–H groups in total. The van der Waals surface area contributed by atoms with E-state index in [4.69, 9.17) is 14.2 Å². The highest BCUT2D eigenvalue weighted by molar-refractivity contribution is 5.93. The summed E-state index contributed by atoms with van der Waals surface area (Å²) in [5.74, 6) is 2.98. The summed E-state index contributed by atoms with van der Waals surface area (Å²) in [6.07, 6.45) is 2.65. The zero-order chi connectivity index (χ0) is 21.3. The van der Waals surface area contributed by atoms with E-state index in [2.05, 4.69) is 20.6 Å². The molecule has 0 fully saturated rings. The minimum Gasteiger partial charge on any atom is -0.490 e. The van der Waals surface area contributed by atoms with Gasteiger partial charge in [0.05, 0.1) is 18.9 Å². The van der Waals surface area contributed by atoms with Crippen LogP contribution in [0.3, 0.4) is 0 Å². The average Bonchev–Trinajstić information content (AvgIpc) is 3.06. The summed E-state index contributed by atoms with van der Waals surface area (Å²) in [5.41, 5.74) is 2.86. The van der Waals surface area contributed by atoms with E-state index < -0.39 is 0 Å². The predicted molar refractivity (Wildman–Crippen MR) is 121 cm³/mol. The molecule has 1 aliphatic rings. The molecule has 7 nitrogen and oxygen atoms in total. The highest BCUT2D eigenvalue weighted by Crippen LogP contribution is 2.32. The van der Waals surface area contributed by atoms with Crippen LogP contribution in [-0.4, -0.2) is 31.2 Å². The molecule has 2 heterocycles. The Kier molecular flexibility index (Phi) is 6.85. The van der Waals surface area contributed by atoms with E-state index in [0.29, 0.717) is 32.3 Å². The molecule has 0 saturated carbocycles. The van der Waals surface area contributed by atoms with Crippen molar-refractivity contribution in [3.05, 3.63) is 78.1 Å². The van der Waals surface area contributed by atoms with Crippen molar-refractivity contribution in [2.75, 3.05) is 25.6 Å². The lowest BCUT2D eigenvalue weighted by Crippen LogP contribution is -2.30. The number of nitrogens with zero attached hydrogens (tertiary/aromatic N) is 2. The Morgan fingerprint density at radius 1 is 1.03 bits per heavy atom. The van der Waals surface area contributed by atoms with Crippen LogP contribution in [-0.2, 0) is 13.2 Å². The molecule has 0 amide bonds. The van der Waals surface area contributed by atoms with Gasteiger partial charge in [-0.1, -0.05) is 18.2 Å². The monoisotopic (exact) mass is 418 g/mol. The third kappa shape index (κ3) is 5.88. The number of benzene rings is 2. The van der Waals surface area contributed by atoms with Crippen LogP contribution < -0.4 is 24.8 Å². The molecular weight excluding hydrogens is 392 g/mol. The zero-order valence-electron chi connectivity index (χ0n) is 17.5. The Balaban J connectivity index is 1.33. The van der Waals surface area contributed by atoms with Gasteiger partial charge in [-0.3, -0.25) is 9.98 Å². The number of anilines is 1. The van der Waals surface area contributed by atoms with E-state index in [9.17, 15) is 0 Å². The van der Waals surface area contributed by atoms with Gasteiger partial charge in [0.1, 0.15) is 12.4 Å². The molecule has 0 atom stereocenters. The molecule has 1 aromatic heterocycles. The van der Waals surface area contributed by atoms with Crippen LogP contribution in [0.2, 0.25) is 0 Å². The van der Waals surface area contributed by atoms with Crippen LogP contribution in [0.1, 0.15) is 17.7 Å². The maximum Gasteiger partial charge on any atom is 0.195 e. The second-order valence-corrected chi connectivity index (χ2v) is 7.02. The van der Waals surface area contributed by atoms with Gasteiger partial charge in [0.25, 0.3) is 0 Å². The molecule has 7 heteroatoms. The number of pyridine rings is 1. The Hall–Kier alpha value is -3.74. The SMILES string of the molecule is CN=C(NCc1cccc(OCc2ccccn2)c1)Nc1ccc2c(c1)OCCCO2. The van der Waals surface area contributed by atoms with Gasteiger partial charge < -0.3 is 24.8 Å². The number of guanidine groups is 1. The van der Waals surface area contributed by atoms with Crippen molar-refractivity contribution in [3.63, 3.8) is 0 Å². The molecule has 0 aliphatic carbocycles. The second-order valence-electron chi connectivity index (χ2n) is 7.02. The minimum absolute atomic E-state index is 0.436. The van der Waals surface area contributed by atoms with Crippen molar-refractivity contribution in [2.24, 2.45) is 4.99 Å². The lowest BCUT2D eigenvalue weighted by atomic mass is 10.2. The quantitative estimate of drug-likeness (QED) is 0.465. The third-order valence-electron chi connectivity index (χ3n) is 4.71. The molecule has 0 radical (unpaired) electrons. The number of aliphatic imine (C=N–C) groups is 1. The number of fused-ring (bicyclic) bond motifs is 1. The molecular formula is C24H26N4O3. The van der Waals surface area contributed by atoms with Crippen LogP contribution in [0, 0.1) is 0 Å². The van der Waals surface area contributed by atoms with Crippen molar-refractivity contribution in [2.45, 2.75) is 19.6 Å². The first-order valence-electron chi connectivity index (χ1n) is 10.3. The largest absolute Gasteiger partial charge is 0.490 e. The number of rotatable bonds is 6. The topological polar surface area (TPSA) is 77.0 Å². The van der Waals surface area contributed by atoms with Gasteiger partial charge in [-0.25, -0.2) is 0 Å². The van der Waals surface area contributed by atoms with Gasteiger partial charge in [-0.05, 0) is 42.0 Å². The molecule has 0 bridgehead atoms. The van der Waals surface area contributed by atoms with E-state index in [-0.39, 0.29) is 0 Å². The van der Waals surface area contributed by atoms with E-state index in [1.165, 1.54) is 0 Å². The first-order valence-corrected chi connectivity index (χ1v) is 10.3. The second kappa shape index (κ2) is 10.3. The predicted octanol–water partition coefficient (Wildman–Crippen LogP) is 4.01. The molecule has 1 aliphatic heterocycles. The summed E-state index contributed by atoms with van der Waals surface area (Å²) in [4.78, 5) is 8.59. The molecule has 160 valence electrons. The lowest BCUT2D eigenvalue weighted by molar-refractivity contribution is 0.297. The summed E-state index contributed by atoms with van der Waals surface area (Å²) < 4.78 is 17.3.